The Labute approximate surface area is 183 Å². The molecule has 0 saturated heterocycles. The highest BCUT2D eigenvalue weighted by molar-refractivity contribution is 5.99. The number of anilines is 4. The van der Waals surface area contributed by atoms with Crippen molar-refractivity contribution < 1.29 is 9.72 Å². The van der Waals surface area contributed by atoms with Crippen LogP contribution >= 0.6 is 0 Å². The van der Waals surface area contributed by atoms with E-state index >= 15 is 0 Å². The molecule has 0 unspecified atom stereocenters. The first-order valence-electron chi connectivity index (χ1n) is 9.64. The number of rotatable bonds is 6. The lowest BCUT2D eigenvalue weighted by Gasteiger charge is -2.10. The predicted octanol–water partition coefficient (Wildman–Crippen LogP) is 5.44. The van der Waals surface area contributed by atoms with Gasteiger partial charge >= 0.3 is 6.03 Å². The molecule has 9 nitrogen and oxygen atoms in total. The second-order valence-electron chi connectivity index (χ2n) is 6.74. The van der Waals surface area contributed by atoms with Crippen molar-refractivity contribution >= 4 is 34.7 Å². The molecule has 0 aliphatic heterocycles. The number of urea groups is 1. The molecule has 0 bridgehead atoms. The summed E-state index contributed by atoms with van der Waals surface area (Å²) in [6.45, 7) is 0. The molecule has 32 heavy (non-hydrogen) atoms. The van der Waals surface area contributed by atoms with Gasteiger partial charge in [-0.2, -0.15) is 0 Å². The molecule has 4 rings (SSSR count). The van der Waals surface area contributed by atoms with Crippen molar-refractivity contribution in [2.75, 3.05) is 16.0 Å². The number of non-ortho nitro benzene ring substituents is 1. The Balaban J connectivity index is 1.47. The third-order valence-electron chi connectivity index (χ3n) is 4.46. The number of benzene rings is 2. The Morgan fingerprint density at radius 2 is 1.41 bits per heavy atom. The van der Waals surface area contributed by atoms with E-state index in [-0.39, 0.29) is 5.69 Å². The molecule has 0 spiro atoms. The molecule has 2 aromatic carbocycles. The minimum absolute atomic E-state index is 0.111. The first-order valence-corrected chi connectivity index (χ1v) is 9.64. The summed E-state index contributed by atoms with van der Waals surface area (Å²) >= 11 is 0. The molecule has 0 aliphatic rings. The SMILES string of the molecule is O=C(Nc1cccc([N+](=O)[O-])c1)Nc1cc(-c2ccnc(Nc3ccccc3)c2)ccn1. The van der Waals surface area contributed by atoms with Crippen LogP contribution < -0.4 is 16.0 Å². The zero-order valence-corrected chi connectivity index (χ0v) is 16.7. The van der Waals surface area contributed by atoms with Crippen LogP contribution in [-0.2, 0) is 0 Å². The van der Waals surface area contributed by atoms with E-state index in [1.165, 1.54) is 18.2 Å². The minimum atomic E-state index is -0.559. The number of nitro groups is 1. The van der Waals surface area contributed by atoms with E-state index in [0.717, 1.165) is 16.8 Å². The van der Waals surface area contributed by atoms with Crippen molar-refractivity contribution in [2.24, 2.45) is 0 Å². The van der Waals surface area contributed by atoms with Gasteiger partial charge in [-0.15, -0.1) is 0 Å². The van der Waals surface area contributed by atoms with Crippen molar-refractivity contribution in [1.29, 1.82) is 0 Å². The molecule has 0 radical (unpaired) electrons. The van der Waals surface area contributed by atoms with Crippen molar-refractivity contribution in [3.05, 3.63) is 101 Å². The molecular formula is C23H18N6O3. The van der Waals surface area contributed by atoms with Gasteiger partial charge in [-0.25, -0.2) is 14.8 Å². The standard InChI is InChI=1S/C23H18N6O3/c30-23(27-19-7-4-8-20(15-19)29(31)32)28-22-14-17(10-12-25-22)16-9-11-24-21(13-16)26-18-5-2-1-3-6-18/h1-15H,(H,24,26)(H2,25,27,28,30). The second-order valence-corrected chi connectivity index (χ2v) is 6.74. The lowest BCUT2D eigenvalue weighted by Crippen LogP contribution is -2.20. The molecule has 3 N–H and O–H groups in total. The third-order valence-corrected chi connectivity index (χ3v) is 4.46. The van der Waals surface area contributed by atoms with Gasteiger partial charge in [0.15, 0.2) is 0 Å². The van der Waals surface area contributed by atoms with Crippen molar-refractivity contribution in [3.63, 3.8) is 0 Å². The quantitative estimate of drug-likeness (QED) is 0.279. The number of nitro benzene ring substituents is 1. The largest absolute Gasteiger partial charge is 0.340 e. The van der Waals surface area contributed by atoms with Gasteiger partial charge in [0.2, 0.25) is 0 Å². The molecule has 0 saturated carbocycles. The summed E-state index contributed by atoms with van der Waals surface area (Å²) in [7, 11) is 0. The number of carbonyl (C=O) groups is 1. The van der Waals surface area contributed by atoms with Crippen LogP contribution in [0, 0.1) is 10.1 Å². The lowest BCUT2D eigenvalue weighted by atomic mass is 10.1. The van der Waals surface area contributed by atoms with Crippen molar-refractivity contribution in [3.8, 4) is 11.1 Å². The number of aromatic nitrogens is 2. The summed E-state index contributed by atoms with van der Waals surface area (Å²) in [5.41, 5.74) is 2.85. The number of hydrogen-bond donors (Lipinski definition) is 3. The maximum absolute atomic E-state index is 12.3. The second kappa shape index (κ2) is 9.35. The van der Waals surface area contributed by atoms with Crippen LogP contribution in [0.4, 0.5) is 33.5 Å². The summed E-state index contributed by atoms with van der Waals surface area (Å²) in [6, 6.07) is 22.2. The van der Waals surface area contributed by atoms with Crippen LogP contribution in [-0.4, -0.2) is 20.9 Å². The first kappa shape index (κ1) is 20.5. The average Bonchev–Trinajstić information content (AvgIpc) is 2.80. The molecule has 2 heterocycles. The molecule has 0 fully saturated rings. The summed E-state index contributed by atoms with van der Waals surface area (Å²) in [4.78, 5) is 31.2. The average molecular weight is 426 g/mol. The van der Waals surface area contributed by atoms with E-state index in [9.17, 15) is 14.9 Å². The number of nitrogens with zero attached hydrogens (tertiary/aromatic N) is 3. The molecule has 0 atom stereocenters. The van der Waals surface area contributed by atoms with E-state index in [1.807, 2.05) is 48.5 Å². The van der Waals surface area contributed by atoms with Gasteiger partial charge in [-0.05, 0) is 53.6 Å². The molecule has 0 aliphatic carbocycles. The van der Waals surface area contributed by atoms with E-state index in [4.69, 9.17) is 0 Å². The van der Waals surface area contributed by atoms with Gasteiger partial charge in [-0.1, -0.05) is 24.3 Å². The maximum Gasteiger partial charge on any atom is 0.324 e. The van der Waals surface area contributed by atoms with Gasteiger partial charge in [0.1, 0.15) is 11.6 Å². The summed E-state index contributed by atoms with van der Waals surface area (Å²) in [5.74, 6) is 1.02. The van der Waals surface area contributed by atoms with Gasteiger partial charge in [0.25, 0.3) is 5.69 Å². The molecule has 4 aromatic rings. The number of para-hydroxylation sites is 1. The molecule has 158 valence electrons. The molecule has 2 amide bonds. The van der Waals surface area contributed by atoms with E-state index < -0.39 is 11.0 Å². The number of nitrogens with one attached hydrogen (secondary N) is 3. The molecule has 2 aromatic heterocycles. The van der Waals surface area contributed by atoms with Crippen LogP contribution in [0.1, 0.15) is 0 Å². The topological polar surface area (TPSA) is 122 Å². The minimum Gasteiger partial charge on any atom is -0.340 e. The highest BCUT2D eigenvalue weighted by Crippen LogP contribution is 2.24. The molecular weight excluding hydrogens is 408 g/mol. The predicted molar refractivity (Wildman–Crippen MR) is 123 cm³/mol. The van der Waals surface area contributed by atoms with E-state index in [2.05, 4.69) is 25.9 Å². The van der Waals surface area contributed by atoms with E-state index in [1.54, 1.807) is 24.5 Å². The summed E-state index contributed by atoms with van der Waals surface area (Å²) in [6.07, 6.45) is 3.28. The van der Waals surface area contributed by atoms with Crippen LogP contribution in [0.25, 0.3) is 11.1 Å². The Bertz CT molecular complexity index is 1260. The third kappa shape index (κ3) is 5.22. The zero-order valence-electron chi connectivity index (χ0n) is 16.7. The number of amides is 2. The number of carbonyl (C=O) groups excluding carboxylic acids is 1. The Kier molecular flexibility index (Phi) is 5.98. The summed E-state index contributed by atoms with van der Waals surface area (Å²) in [5, 5.41) is 19.3. The highest BCUT2D eigenvalue weighted by Gasteiger charge is 2.10. The fourth-order valence-electron chi connectivity index (χ4n) is 3.00. The van der Waals surface area contributed by atoms with Gasteiger partial charge in [0, 0.05) is 35.9 Å². The van der Waals surface area contributed by atoms with Gasteiger partial charge in [-0.3, -0.25) is 15.4 Å². The smallest absolute Gasteiger partial charge is 0.324 e. The zero-order chi connectivity index (χ0) is 22.3. The van der Waals surface area contributed by atoms with Crippen LogP contribution in [0.15, 0.2) is 91.3 Å². The highest BCUT2D eigenvalue weighted by atomic mass is 16.6. The first-order chi connectivity index (χ1) is 15.6. The summed E-state index contributed by atoms with van der Waals surface area (Å²) < 4.78 is 0. The fraction of sp³-hybridized carbons (Fsp3) is 0. The van der Waals surface area contributed by atoms with Crippen molar-refractivity contribution in [2.45, 2.75) is 0 Å². The Morgan fingerprint density at radius 1 is 0.750 bits per heavy atom. The Hall–Kier alpha value is -4.79. The van der Waals surface area contributed by atoms with Gasteiger partial charge < -0.3 is 10.6 Å². The number of pyridine rings is 2. The van der Waals surface area contributed by atoms with Crippen LogP contribution in [0.5, 0.6) is 0 Å². The van der Waals surface area contributed by atoms with Crippen molar-refractivity contribution in [1.82, 2.24) is 9.97 Å². The Morgan fingerprint density at radius 3 is 2.12 bits per heavy atom. The monoisotopic (exact) mass is 426 g/mol. The van der Waals surface area contributed by atoms with E-state index in [0.29, 0.717) is 17.3 Å². The fourth-order valence-corrected chi connectivity index (χ4v) is 3.00. The normalized spacial score (nSPS) is 10.2. The molecule has 9 heteroatoms. The van der Waals surface area contributed by atoms with Crippen LogP contribution in [0.3, 0.4) is 0 Å². The van der Waals surface area contributed by atoms with Gasteiger partial charge in [0.05, 0.1) is 4.92 Å². The maximum atomic E-state index is 12.3. The lowest BCUT2D eigenvalue weighted by molar-refractivity contribution is -0.384. The number of hydrogen-bond acceptors (Lipinski definition) is 6. The van der Waals surface area contributed by atoms with Crippen LogP contribution in [0.2, 0.25) is 0 Å².